The average molecular weight is 335 g/mol. The smallest absolute Gasteiger partial charge is 0.307 e. The molecule has 1 aliphatic carbocycles. The molecule has 1 fully saturated rings. The van der Waals surface area contributed by atoms with Crippen LogP contribution in [-0.2, 0) is 32.2 Å². The average Bonchev–Trinajstić information content (AvgIpc) is 2.51. The minimum atomic E-state index is -0.882. The molecular formula is C18H25NO5. The van der Waals surface area contributed by atoms with Crippen molar-refractivity contribution in [3.8, 4) is 0 Å². The monoisotopic (exact) mass is 335 g/mol. The van der Waals surface area contributed by atoms with Gasteiger partial charge in [-0.05, 0) is 30.9 Å². The molecular weight excluding hydrogens is 310 g/mol. The number of carboxylic acid groups (broad SMARTS) is 1. The summed E-state index contributed by atoms with van der Waals surface area (Å²) in [6, 6.07) is 7.81. The lowest BCUT2D eigenvalue weighted by Crippen LogP contribution is -2.43. The van der Waals surface area contributed by atoms with Gasteiger partial charge in [-0.1, -0.05) is 24.3 Å². The minimum absolute atomic E-state index is 0.174. The maximum Gasteiger partial charge on any atom is 0.307 e. The van der Waals surface area contributed by atoms with E-state index in [0.717, 1.165) is 11.1 Å². The fraction of sp³-hybridized carbons (Fsp3) is 0.556. The first kappa shape index (κ1) is 18.4. The Morgan fingerprint density at radius 2 is 1.88 bits per heavy atom. The van der Waals surface area contributed by atoms with Gasteiger partial charge in [-0.2, -0.15) is 0 Å². The molecule has 0 spiro atoms. The van der Waals surface area contributed by atoms with E-state index in [1.54, 1.807) is 0 Å². The van der Waals surface area contributed by atoms with E-state index in [-0.39, 0.29) is 5.91 Å². The van der Waals surface area contributed by atoms with Crippen LogP contribution >= 0.6 is 0 Å². The van der Waals surface area contributed by atoms with Gasteiger partial charge in [0.15, 0.2) is 0 Å². The summed E-state index contributed by atoms with van der Waals surface area (Å²) in [6.45, 7) is 4.65. The van der Waals surface area contributed by atoms with Crippen LogP contribution in [0.25, 0.3) is 0 Å². The Balaban J connectivity index is 1.75. The SMILES string of the molecule is CCOCCOCc1cccc(CNC(=O)C2CCC2C(=O)O)c1. The lowest BCUT2D eigenvalue weighted by Gasteiger charge is -2.31. The van der Waals surface area contributed by atoms with Crippen LogP contribution in [0.4, 0.5) is 0 Å². The van der Waals surface area contributed by atoms with Gasteiger partial charge in [0, 0.05) is 13.2 Å². The molecule has 1 saturated carbocycles. The fourth-order valence-corrected chi connectivity index (χ4v) is 2.71. The third-order valence-electron chi connectivity index (χ3n) is 4.23. The molecule has 2 rings (SSSR count). The van der Waals surface area contributed by atoms with E-state index in [0.29, 0.717) is 45.8 Å². The van der Waals surface area contributed by atoms with E-state index < -0.39 is 17.8 Å². The minimum Gasteiger partial charge on any atom is -0.481 e. The number of carbonyl (C=O) groups is 2. The van der Waals surface area contributed by atoms with Gasteiger partial charge in [0.1, 0.15) is 0 Å². The highest BCUT2D eigenvalue weighted by Gasteiger charge is 2.41. The molecule has 6 nitrogen and oxygen atoms in total. The third kappa shape index (κ3) is 5.32. The van der Waals surface area contributed by atoms with Crippen molar-refractivity contribution in [2.24, 2.45) is 11.8 Å². The highest BCUT2D eigenvalue weighted by Crippen LogP contribution is 2.34. The largest absolute Gasteiger partial charge is 0.481 e. The molecule has 132 valence electrons. The number of benzene rings is 1. The lowest BCUT2D eigenvalue weighted by molar-refractivity contribution is -0.152. The Hall–Kier alpha value is -1.92. The fourth-order valence-electron chi connectivity index (χ4n) is 2.71. The zero-order valence-corrected chi connectivity index (χ0v) is 14.0. The second-order valence-corrected chi connectivity index (χ2v) is 5.92. The van der Waals surface area contributed by atoms with E-state index in [1.165, 1.54) is 0 Å². The molecule has 0 heterocycles. The first-order chi connectivity index (χ1) is 11.6. The van der Waals surface area contributed by atoms with E-state index in [1.807, 2.05) is 31.2 Å². The van der Waals surface area contributed by atoms with E-state index in [4.69, 9.17) is 14.6 Å². The van der Waals surface area contributed by atoms with Crippen LogP contribution in [0.15, 0.2) is 24.3 Å². The Bertz CT molecular complexity index is 560. The predicted octanol–water partition coefficient (Wildman–Crippen LogP) is 1.97. The lowest BCUT2D eigenvalue weighted by atomic mass is 9.73. The van der Waals surface area contributed by atoms with Gasteiger partial charge in [-0.15, -0.1) is 0 Å². The molecule has 2 unspecified atom stereocenters. The van der Waals surface area contributed by atoms with E-state index >= 15 is 0 Å². The number of amides is 1. The summed E-state index contributed by atoms with van der Waals surface area (Å²) < 4.78 is 10.7. The second-order valence-electron chi connectivity index (χ2n) is 5.92. The van der Waals surface area contributed by atoms with Crippen molar-refractivity contribution in [2.45, 2.75) is 32.9 Å². The predicted molar refractivity (Wildman–Crippen MR) is 88.3 cm³/mol. The molecule has 1 aromatic rings. The first-order valence-corrected chi connectivity index (χ1v) is 8.35. The molecule has 2 N–H and O–H groups in total. The molecule has 0 aromatic heterocycles. The van der Waals surface area contributed by atoms with Crippen LogP contribution < -0.4 is 5.32 Å². The summed E-state index contributed by atoms with van der Waals surface area (Å²) in [5, 5.41) is 11.8. The summed E-state index contributed by atoms with van der Waals surface area (Å²) >= 11 is 0. The van der Waals surface area contributed by atoms with E-state index in [2.05, 4.69) is 5.32 Å². The quantitative estimate of drug-likeness (QED) is 0.639. The molecule has 6 heteroatoms. The van der Waals surface area contributed by atoms with Gasteiger partial charge >= 0.3 is 5.97 Å². The zero-order chi connectivity index (χ0) is 17.4. The molecule has 0 bridgehead atoms. The van der Waals surface area contributed by atoms with Crippen LogP contribution in [0.1, 0.15) is 30.9 Å². The Morgan fingerprint density at radius 1 is 1.17 bits per heavy atom. The van der Waals surface area contributed by atoms with Gasteiger partial charge in [-0.25, -0.2) is 0 Å². The van der Waals surface area contributed by atoms with Gasteiger partial charge in [-0.3, -0.25) is 9.59 Å². The molecule has 1 amide bonds. The summed E-state index contributed by atoms with van der Waals surface area (Å²) in [7, 11) is 0. The summed E-state index contributed by atoms with van der Waals surface area (Å²) in [5.41, 5.74) is 2.01. The highest BCUT2D eigenvalue weighted by molar-refractivity contribution is 5.86. The number of ether oxygens (including phenoxy) is 2. The van der Waals surface area contributed by atoms with Crippen molar-refractivity contribution in [2.75, 3.05) is 19.8 Å². The van der Waals surface area contributed by atoms with Gasteiger partial charge in [0.05, 0.1) is 31.7 Å². The van der Waals surface area contributed by atoms with Crippen LogP contribution in [0, 0.1) is 11.8 Å². The topological polar surface area (TPSA) is 84.9 Å². The van der Waals surface area contributed by atoms with Crippen LogP contribution in [0.3, 0.4) is 0 Å². The number of aliphatic carboxylic acids is 1. The van der Waals surface area contributed by atoms with Crippen LogP contribution in [-0.4, -0.2) is 36.8 Å². The number of nitrogens with one attached hydrogen (secondary N) is 1. The van der Waals surface area contributed by atoms with Crippen LogP contribution in [0.2, 0.25) is 0 Å². The number of carbonyl (C=O) groups excluding carboxylic acids is 1. The summed E-state index contributed by atoms with van der Waals surface area (Å²) in [4.78, 5) is 23.0. The number of rotatable bonds is 10. The molecule has 24 heavy (non-hydrogen) atoms. The molecule has 2 atom stereocenters. The third-order valence-corrected chi connectivity index (χ3v) is 4.23. The number of hydrogen-bond acceptors (Lipinski definition) is 4. The summed E-state index contributed by atoms with van der Waals surface area (Å²) in [6.07, 6.45) is 1.23. The van der Waals surface area contributed by atoms with Crippen molar-refractivity contribution >= 4 is 11.9 Å². The van der Waals surface area contributed by atoms with Crippen molar-refractivity contribution in [1.82, 2.24) is 5.32 Å². The second kappa shape index (κ2) is 9.39. The van der Waals surface area contributed by atoms with Crippen molar-refractivity contribution in [1.29, 1.82) is 0 Å². The zero-order valence-electron chi connectivity index (χ0n) is 14.0. The first-order valence-electron chi connectivity index (χ1n) is 8.35. The standard InChI is InChI=1S/C18H25NO5/c1-2-23-8-9-24-12-14-5-3-4-13(10-14)11-19-17(20)15-6-7-16(15)18(21)22/h3-5,10,15-16H,2,6-9,11-12H2,1H3,(H,19,20)(H,21,22). The van der Waals surface area contributed by atoms with Crippen molar-refractivity contribution in [3.05, 3.63) is 35.4 Å². The number of carboxylic acids is 1. The Kier molecular flexibility index (Phi) is 7.21. The Labute approximate surface area is 142 Å². The highest BCUT2D eigenvalue weighted by atomic mass is 16.5. The molecule has 0 radical (unpaired) electrons. The van der Waals surface area contributed by atoms with Crippen molar-refractivity contribution < 1.29 is 24.2 Å². The van der Waals surface area contributed by atoms with Gasteiger partial charge in [0.2, 0.25) is 5.91 Å². The van der Waals surface area contributed by atoms with Gasteiger partial charge in [0.25, 0.3) is 0 Å². The molecule has 0 saturated heterocycles. The van der Waals surface area contributed by atoms with E-state index in [9.17, 15) is 9.59 Å². The summed E-state index contributed by atoms with van der Waals surface area (Å²) in [5.74, 6) is -1.98. The van der Waals surface area contributed by atoms with Gasteiger partial charge < -0.3 is 19.9 Å². The molecule has 1 aromatic carbocycles. The maximum absolute atomic E-state index is 12.1. The number of hydrogen-bond donors (Lipinski definition) is 2. The molecule has 1 aliphatic rings. The normalized spacial score (nSPS) is 19.5. The molecule has 0 aliphatic heterocycles. The Morgan fingerprint density at radius 3 is 2.54 bits per heavy atom. The van der Waals surface area contributed by atoms with Crippen molar-refractivity contribution in [3.63, 3.8) is 0 Å². The maximum atomic E-state index is 12.1. The van der Waals surface area contributed by atoms with Crippen LogP contribution in [0.5, 0.6) is 0 Å².